The van der Waals surface area contributed by atoms with Crippen LogP contribution >= 0.6 is 0 Å². The average Bonchev–Trinajstić information content (AvgIpc) is 3.05. The lowest BCUT2D eigenvalue weighted by Crippen LogP contribution is -2.00. The molecule has 3 aromatic carbocycles. The van der Waals surface area contributed by atoms with Crippen LogP contribution in [0, 0.1) is 0 Å². The van der Waals surface area contributed by atoms with Crippen molar-refractivity contribution >= 4 is 16.9 Å². The van der Waals surface area contributed by atoms with E-state index in [1.807, 2.05) is 59.3 Å². The number of rotatable bonds is 7. The number of benzene rings is 3. The first-order chi connectivity index (χ1) is 14.5. The first-order valence-electron chi connectivity index (χ1n) is 9.46. The summed E-state index contributed by atoms with van der Waals surface area (Å²) in [6, 6.07) is 20.1. The Morgan fingerprint density at radius 2 is 1.83 bits per heavy atom. The molecule has 152 valence electrons. The van der Waals surface area contributed by atoms with Crippen LogP contribution in [0.1, 0.15) is 11.1 Å². The zero-order valence-electron chi connectivity index (χ0n) is 16.4. The van der Waals surface area contributed by atoms with E-state index in [0.29, 0.717) is 23.8 Å². The highest BCUT2D eigenvalue weighted by molar-refractivity contribution is 5.87. The van der Waals surface area contributed by atoms with Crippen LogP contribution in [0.2, 0.25) is 0 Å². The number of hydrogen-bond donors (Lipinski definition) is 2. The van der Waals surface area contributed by atoms with E-state index in [9.17, 15) is 15.0 Å². The van der Waals surface area contributed by atoms with Gasteiger partial charge in [0.1, 0.15) is 11.5 Å². The van der Waals surface area contributed by atoms with Gasteiger partial charge in [0.2, 0.25) is 0 Å². The molecule has 4 aromatic rings. The summed E-state index contributed by atoms with van der Waals surface area (Å²) >= 11 is 0. The smallest absolute Gasteiger partial charge is 0.307 e. The summed E-state index contributed by atoms with van der Waals surface area (Å²) in [4.78, 5) is 11.2. The Bertz CT molecular complexity index is 1210. The molecule has 0 radical (unpaired) electrons. The molecular formula is C24H21NO5. The minimum atomic E-state index is -0.853. The lowest BCUT2D eigenvalue weighted by atomic mass is 10.1. The molecule has 0 spiro atoms. The molecule has 0 unspecified atom stereocenters. The van der Waals surface area contributed by atoms with Gasteiger partial charge in [-0.2, -0.15) is 0 Å². The molecule has 1 heterocycles. The van der Waals surface area contributed by atoms with E-state index in [4.69, 9.17) is 9.47 Å². The van der Waals surface area contributed by atoms with Crippen molar-refractivity contribution in [1.82, 2.24) is 4.57 Å². The Morgan fingerprint density at radius 1 is 1.00 bits per heavy atom. The molecule has 6 heteroatoms. The molecule has 0 aliphatic heterocycles. The summed E-state index contributed by atoms with van der Waals surface area (Å²) in [6.45, 7) is 0.564. The number of para-hydroxylation sites is 1. The Balaban J connectivity index is 1.63. The highest BCUT2D eigenvalue weighted by atomic mass is 16.5. The first kappa shape index (κ1) is 19.4. The zero-order valence-corrected chi connectivity index (χ0v) is 16.4. The maximum absolute atomic E-state index is 11.2. The van der Waals surface area contributed by atoms with Crippen molar-refractivity contribution in [2.24, 2.45) is 0 Å². The monoisotopic (exact) mass is 403 g/mol. The van der Waals surface area contributed by atoms with Crippen LogP contribution in [0.25, 0.3) is 10.9 Å². The number of phenols is 1. The number of carbonyl (C=O) groups is 1. The van der Waals surface area contributed by atoms with Crippen molar-refractivity contribution in [3.8, 4) is 23.0 Å². The van der Waals surface area contributed by atoms with E-state index in [-0.39, 0.29) is 12.2 Å². The number of carboxylic acids is 1. The van der Waals surface area contributed by atoms with Crippen LogP contribution in [0.15, 0.2) is 72.9 Å². The van der Waals surface area contributed by atoms with Gasteiger partial charge in [0.05, 0.1) is 13.5 Å². The Labute approximate surface area is 173 Å². The number of carboxylic acid groups (broad SMARTS) is 1. The van der Waals surface area contributed by atoms with Crippen molar-refractivity contribution in [3.05, 3.63) is 84.1 Å². The van der Waals surface area contributed by atoms with Gasteiger partial charge in [0.25, 0.3) is 0 Å². The number of nitrogens with zero attached hydrogens (tertiary/aromatic N) is 1. The second kappa shape index (κ2) is 8.21. The molecule has 0 saturated carbocycles. The summed E-state index contributed by atoms with van der Waals surface area (Å²) < 4.78 is 13.3. The second-order valence-electron chi connectivity index (χ2n) is 6.95. The van der Waals surface area contributed by atoms with Gasteiger partial charge in [-0.05, 0) is 41.5 Å². The maximum atomic E-state index is 11.2. The molecule has 0 fully saturated rings. The number of aromatic nitrogens is 1. The topological polar surface area (TPSA) is 80.9 Å². The zero-order chi connectivity index (χ0) is 21.1. The standard InChI is InChI=1S/C24H21NO5/c1-29-22-10-9-18(26)13-23(22)30-19-6-4-5-16(11-19)14-25-15-17(12-24(27)28)20-7-2-3-8-21(20)25/h2-11,13,15,26H,12,14H2,1H3,(H,27,28). The van der Waals surface area contributed by atoms with E-state index in [1.165, 1.54) is 12.1 Å². The summed E-state index contributed by atoms with van der Waals surface area (Å²) in [6.07, 6.45) is 1.87. The Morgan fingerprint density at radius 3 is 2.63 bits per heavy atom. The molecule has 0 saturated heterocycles. The molecule has 0 atom stereocenters. The normalized spacial score (nSPS) is 10.8. The third-order valence-corrected chi connectivity index (χ3v) is 4.84. The van der Waals surface area contributed by atoms with Gasteiger partial charge < -0.3 is 24.3 Å². The number of aromatic hydroxyl groups is 1. The van der Waals surface area contributed by atoms with Crippen molar-refractivity contribution in [2.45, 2.75) is 13.0 Å². The highest BCUT2D eigenvalue weighted by Gasteiger charge is 2.12. The van der Waals surface area contributed by atoms with Gasteiger partial charge in [-0.25, -0.2) is 0 Å². The minimum absolute atomic E-state index is 0.0199. The van der Waals surface area contributed by atoms with Gasteiger partial charge in [-0.3, -0.25) is 4.79 Å². The van der Waals surface area contributed by atoms with Crippen molar-refractivity contribution in [3.63, 3.8) is 0 Å². The van der Waals surface area contributed by atoms with Gasteiger partial charge in [-0.1, -0.05) is 30.3 Å². The Kier molecular flexibility index (Phi) is 5.30. The van der Waals surface area contributed by atoms with Gasteiger partial charge in [0, 0.05) is 29.7 Å². The molecular weight excluding hydrogens is 382 g/mol. The number of hydrogen-bond acceptors (Lipinski definition) is 4. The molecule has 2 N–H and O–H groups in total. The van der Waals surface area contributed by atoms with Gasteiger partial charge >= 0.3 is 5.97 Å². The number of fused-ring (bicyclic) bond motifs is 1. The molecule has 6 nitrogen and oxygen atoms in total. The number of phenolic OH excluding ortho intramolecular Hbond substituents is 1. The fraction of sp³-hybridized carbons (Fsp3) is 0.125. The first-order valence-corrected chi connectivity index (χ1v) is 9.46. The van der Waals surface area contributed by atoms with Crippen molar-refractivity contribution in [2.75, 3.05) is 7.11 Å². The second-order valence-corrected chi connectivity index (χ2v) is 6.95. The van der Waals surface area contributed by atoms with E-state index in [2.05, 4.69) is 0 Å². The fourth-order valence-corrected chi connectivity index (χ4v) is 3.53. The van der Waals surface area contributed by atoms with Crippen LogP contribution < -0.4 is 9.47 Å². The summed E-state index contributed by atoms with van der Waals surface area (Å²) in [5.41, 5.74) is 2.76. The van der Waals surface area contributed by atoms with E-state index in [1.54, 1.807) is 13.2 Å². The van der Waals surface area contributed by atoms with Gasteiger partial charge in [-0.15, -0.1) is 0 Å². The highest BCUT2D eigenvalue weighted by Crippen LogP contribution is 2.34. The van der Waals surface area contributed by atoms with Crippen LogP contribution in [0.4, 0.5) is 0 Å². The third kappa shape index (κ3) is 4.07. The number of aliphatic carboxylic acids is 1. The van der Waals surface area contributed by atoms with E-state index in [0.717, 1.165) is 22.0 Å². The molecule has 1 aromatic heterocycles. The lowest BCUT2D eigenvalue weighted by Gasteiger charge is -2.12. The van der Waals surface area contributed by atoms with E-state index < -0.39 is 5.97 Å². The fourth-order valence-electron chi connectivity index (χ4n) is 3.53. The SMILES string of the molecule is COc1ccc(O)cc1Oc1cccc(Cn2cc(CC(=O)O)c3ccccc32)c1. The third-order valence-electron chi connectivity index (χ3n) is 4.84. The Hall–Kier alpha value is -3.93. The maximum Gasteiger partial charge on any atom is 0.307 e. The number of methoxy groups -OCH3 is 1. The van der Waals surface area contributed by atoms with Crippen molar-refractivity contribution < 1.29 is 24.5 Å². The number of ether oxygens (including phenoxy) is 2. The van der Waals surface area contributed by atoms with Crippen LogP contribution in [0.5, 0.6) is 23.0 Å². The van der Waals surface area contributed by atoms with Gasteiger partial charge in [0.15, 0.2) is 11.5 Å². The molecule has 0 aliphatic rings. The average molecular weight is 403 g/mol. The van der Waals surface area contributed by atoms with Crippen LogP contribution in [-0.4, -0.2) is 27.9 Å². The van der Waals surface area contributed by atoms with Crippen LogP contribution in [-0.2, 0) is 17.8 Å². The predicted molar refractivity (Wildman–Crippen MR) is 114 cm³/mol. The molecule has 30 heavy (non-hydrogen) atoms. The quantitative estimate of drug-likeness (QED) is 0.462. The largest absolute Gasteiger partial charge is 0.508 e. The van der Waals surface area contributed by atoms with Crippen LogP contribution in [0.3, 0.4) is 0 Å². The molecule has 0 bridgehead atoms. The minimum Gasteiger partial charge on any atom is -0.508 e. The molecule has 0 amide bonds. The van der Waals surface area contributed by atoms with Crippen molar-refractivity contribution in [1.29, 1.82) is 0 Å². The molecule has 4 rings (SSSR count). The summed E-state index contributed by atoms with van der Waals surface area (Å²) in [7, 11) is 1.54. The summed E-state index contributed by atoms with van der Waals surface area (Å²) in [5.74, 6) is 0.788. The van der Waals surface area contributed by atoms with E-state index >= 15 is 0 Å². The molecule has 0 aliphatic carbocycles. The lowest BCUT2D eigenvalue weighted by molar-refractivity contribution is -0.136. The predicted octanol–water partition coefficient (Wildman–Crippen LogP) is 4.82. The summed E-state index contributed by atoms with van der Waals surface area (Å²) in [5, 5.41) is 19.9.